The van der Waals surface area contributed by atoms with Crippen molar-refractivity contribution in [1.29, 1.82) is 0 Å². The molecule has 2 N–H and O–H groups in total. The van der Waals surface area contributed by atoms with Crippen LogP contribution in [0.3, 0.4) is 0 Å². The SMILES string of the molecule is CCN(CCCNC(=O)CC(C)CC(=O)O)S(C)(=O)=O. The first kappa shape index (κ1) is 18.9. The van der Waals surface area contributed by atoms with Crippen molar-refractivity contribution in [3.05, 3.63) is 0 Å². The molecule has 0 aliphatic heterocycles. The maximum atomic E-state index is 11.5. The van der Waals surface area contributed by atoms with Crippen LogP contribution in [0.1, 0.15) is 33.1 Å². The Morgan fingerprint density at radius 3 is 2.35 bits per heavy atom. The summed E-state index contributed by atoms with van der Waals surface area (Å²) in [6, 6.07) is 0. The van der Waals surface area contributed by atoms with Crippen molar-refractivity contribution < 1.29 is 23.1 Å². The highest BCUT2D eigenvalue weighted by molar-refractivity contribution is 7.88. The number of hydrogen-bond acceptors (Lipinski definition) is 4. The molecule has 0 saturated carbocycles. The van der Waals surface area contributed by atoms with Crippen LogP contribution in [0.25, 0.3) is 0 Å². The number of sulfonamides is 1. The topological polar surface area (TPSA) is 104 Å². The lowest BCUT2D eigenvalue weighted by Gasteiger charge is -2.17. The van der Waals surface area contributed by atoms with Crippen LogP contribution < -0.4 is 5.32 Å². The van der Waals surface area contributed by atoms with Crippen molar-refractivity contribution in [2.75, 3.05) is 25.9 Å². The van der Waals surface area contributed by atoms with E-state index in [1.165, 1.54) is 4.31 Å². The second-order valence-corrected chi connectivity index (χ2v) is 6.85. The predicted octanol–water partition coefficient (Wildman–Crippen LogP) is 0.275. The van der Waals surface area contributed by atoms with Crippen molar-refractivity contribution >= 4 is 21.9 Å². The van der Waals surface area contributed by atoms with Gasteiger partial charge in [0.25, 0.3) is 0 Å². The third kappa shape index (κ3) is 8.87. The van der Waals surface area contributed by atoms with Crippen LogP contribution in [-0.2, 0) is 19.6 Å². The van der Waals surface area contributed by atoms with E-state index in [0.717, 1.165) is 6.26 Å². The molecule has 0 fully saturated rings. The minimum atomic E-state index is -3.19. The Balaban J connectivity index is 3.90. The molecule has 20 heavy (non-hydrogen) atoms. The molecule has 0 spiro atoms. The minimum Gasteiger partial charge on any atom is -0.481 e. The zero-order valence-electron chi connectivity index (χ0n) is 12.3. The summed E-state index contributed by atoms with van der Waals surface area (Å²) in [7, 11) is -3.19. The first-order valence-electron chi connectivity index (χ1n) is 6.60. The molecule has 0 heterocycles. The smallest absolute Gasteiger partial charge is 0.303 e. The Morgan fingerprint density at radius 2 is 1.90 bits per heavy atom. The van der Waals surface area contributed by atoms with Gasteiger partial charge in [0.1, 0.15) is 0 Å². The highest BCUT2D eigenvalue weighted by atomic mass is 32.2. The van der Waals surface area contributed by atoms with Crippen LogP contribution in [0.2, 0.25) is 0 Å². The predicted molar refractivity (Wildman–Crippen MR) is 75.8 cm³/mol. The molecule has 8 heteroatoms. The third-order valence-corrected chi connectivity index (χ3v) is 4.16. The van der Waals surface area contributed by atoms with E-state index in [9.17, 15) is 18.0 Å². The van der Waals surface area contributed by atoms with E-state index >= 15 is 0 Å². The maximum absolute atomic E-state index is 11.5. The summed E-state index contributed by atoms with van der Waals surface area (Å²) in [6.45, 7) is 4.61. The Hall–Kier alpha value is -1.15. The van der Waals surface area contributed by atoms with Crippen molar-refractivity contribution in [3.8, 4) is 0 Å². The molecule has 0 aromatic carbocycles. The minimum absolute atomic E-state index is 0.0366. The van der Waals surface area contributed by atoms with Gasteiger partial charge in [-0.1, -0.05) is 13.8 Å². The largest absolute Gasteiger partial charge is 0.481 e. The number of carboxylic acid groups (broad SMARTS) is 1. The fraction of sp³-hybridized carbons (Fsp3) is 0.833. The van der Waals surface area contributed by atoms with Crippen molar-refractivity contribution in [2.45, 2.75) is 33.1 Å². The second kappa shape index (κ2) is 8.91. The average Bonchev–Trinajstić information content (AvgIpc) is 2.25. The normalized spacial score (nSPS) is 13.2. The molecule has 0 aromatic rings. The van der Waals surface area contributed by atoms with Crippen molar-refractivity contribution in [3.63, 3.8) is 0 Å². The van der Waals surface area contributed by atoms with Gasteiger partial charge in [0.05, 0.1) is 6.26 Å². The monoisotopic (exact) mass is 308 g/mol. The van der Waals surface area contributed by atoms with E-state index < -0.39 is 16.0 Å². The van der Waals surface area contributed by atoms with E-state index in [-0.39, 0.29) is 24.7 Å². The summed E-state index contributed by atoms with van der Waals surface area (Å²) >= 11 is 0. The molecule has 0 aliphatic rings. The fourth-order valence-electron chi connectivity index (χ4n) is 1.80. The Morgan fingerprint density at radius 1 is 1.30 bits per heavy atom. The average molecular weight is 308 g/mol. The van der Waals surface area contributed by atoms with Crippen LogP contribution in [0.15, 0.2) is 0 Å². The van der Waals surface area contributed by atoms with E-state index in [2.05, 4.69) is 5.32 Å². The lowest BCUT2D eigenvalue weighted by molar-refractivity contribution is -0.138. The molecular formula is C12H24N2O5S. The van der Waals surface area contributed by atoms with Gasteiger partial charge >= 0.3 is 5.97 Å². The standard InChI is InChI=1S/C12H24N2O5S/c1-4-14(20(3,18)19)7-5-6-13-11(15)8-10(2)9-12(16)17/h10H,4-9H2,1-3H3,(H,13,15)(H,16,17). The van der Waals surface area contributed by atoms with Gasteiger partial charge in [-0.3, -0.25) is 9.59 Å². The molecule has 7 nitrogen and oxygen atoms in total. The third-order valence-electron chi connectivity index (χ3n) is 2.79. The van der Waals surface area contributed by atoms with Crippen LogP contribution in [0.4, 0.5) is 0 Å². The van der Waals surface area contributed by atoms with Gasteiger partial charge in [0.15, 0.2) is 0 Å². The van der Waals surface area contributed by atoms with Crippen molar-refractivity contribution in [1.82, 2.24) is 9.62 Å². The number of hydrogen-bond donors (Lipinski definition) is 2. The van der Waals surface area contributed by atoms with Crippen LogP contribution in [0, 0.1) is 5.92 Å². The molecule has 0 bridgehead atoms. The molecule has 0 radical (unpaired) electrons. The molecule has 1 unspecified atom stereocenters. The summed E-state index contributed by atoms with van der Waals surface area (Å²) in [5.74, 6) is -1.34. The van der Waals surface area contributed by atoms with Gasteiger partial charge in [-0.2, -0.15) is 0 Å². The summed E-state index contributed by atoms with van der Waals surface area (Å²) in [6.07, 6.45) is 1.81. The first-order chi connectivity index (χ1) is 9.16. The van der Waals surface area contributed by atoms with Crippen molar-refractivity contribution in [2.24, 2.45) is 5.92 Å². The summed E-state index contributed by atoms with van der Waals surface area (Å²) in [4.78, 5) is 22.0. The van der Waals surface area contributed by atoms with E-state index in [1.54, 1.807) is 13.8 Å². The Kier molecular flexibility index (Phi) is 8.40. The zero-order valence-corrected chi connectivity index (χ0v) is 13.1. The van der Waals surface area contributed by atoms with Crippen LogP contribution >= 0.6 is 0 Å². The number of carbonyl (C=O) groups excluding carboxylic acids is 1. The molecule has 0 rings (SSSR count). The molecule has 0 aromatic heterocycles. The van der Waals surface area contributed by atoms with Gasteiger partial charge in [-0.25, -0.2) is 12.7 Å². The highest BCUT2D eigenvalue weighted by Crippen LogP contribution is 2.06. The van der Waals surface area contributed by atoms with E-state index in [0.29, 0.717) is 26.1 Å². The number of carboxylic acids is 1. The van der Waals surface area contributed by atoms with Gasteiger partial charge in [0.2, 0.25) is 15.9 Å². The number of aliphatic carboxylic acids is 1. The lowest BCUT2D eigenvalue weighted by Crippen LogP contribution is -2.33. The lowest BCUT2D eigenvalue weighted by atomic mass is 10.0. The van der Waals surface area contributed by atoms with Gasteiger partial charge in [-0.15, -0.1) is 0 Å². The quantitative estimate of drug-likeness (QED) is 0.564. The van der Waals surface area contributed by atoms with E-state index in [4.69, 9.17) is 5.11 Å². The van der Waals surface area contributed by atoms with Gasteiger partial charge in [0, 0.05) is 32.5 Å². The Labute approximate surface area is 120 Å². The number of nitrogens with one attached hydrogen (secondary N) is 1. The summed E-state index contributed by atoms with van der Waals surface area (Å²) in [5.41, 5.74) is 0. The molecular weight excluding hydrogens is 284 g/mol. The van der Waals surface area contributed by atoms with Gasteiger partial charge < -0.3 is 10.4 Å². The van der Waals surface area contributed by atoms with Crippen LogP contribution in [-0.4, -0.2) is 55.6 Å². The zero-order chi connectivity index (χ0) is 15.8. The molecule has 1 amide bonds. The number of carbonyl (C=O) groups is 2. The maximum Gasteiger partial charge on any atom is 0.303 e. The molecule has 118 valence electrons. The first-order valence-corrected chi connectivity index (χ1v) is 8.45. The van der Waals surface area contributed by atoms with Crippen LogP contribution in [0.5, 0.6) is 0 Å². The number of amides is 1. The fourth-order valence-corrected chi connectivity index (χ4v) is 2.73. The summed E-state index contributed by atoms with van der Waals surface area (Å²) in [5, 5.41) is 11.2. The highest BCUT2D eigenvalue weighted by Gasteiger charge is 2.14. The summed E-state index contributed by atoms with van der Waals surface area (Å²) < 4.78 is 24.0. The number of rotatable bonds is 10. The second-order valence-electron chi connectivity index (χ2n) is 4.87. The Bertz CT molecular complexity index is 422. The molecule has 1 atom stereocenters. The number of nitrogens with zero attached hydrogens (tertiary/aromatic N) is 1. The van der Waals surface area contributed by atoms with E-state index in [1.807, 2.05) is 0 Å². The van der Waals surface area contributed by atoms with Gasteiger partial charge in [-0.05, 0) is 12.3 Å². The molecule has 0 saturated heterocycles. The molecule has 0 aliphatic carbocycles.